The highest BCUT2D eigenvalue weighted by Crippen LogP contribution is 2.31. The number of aryl methyl sites for hydroxylation is 1. The van der Waals surface area contributed by atoms with Gasteiger partial charge in [-0.1, -0.05) is 29.5 Å². The molecule has 3 aromatic rings. The van der Waals surface area contributed by atoms with Crippen molar-refractivity contribution < 1.29 is 14.3 Å². The average Bonchev–Trinajstić information content (AvgIpc) is 3.11. The second-order valence-corrected chi connectivity index (χ2v) is 7.30. The molecular weight excluding hydrogens is 362 g/mol. The fourth-order valence-electron chi connectivity index (χ4n) is 2.57. The molecule has 6 nitrogen and oxygen atoms in total. The molecule has 0 fully saturated rings. The van der Waals surface area contributed by atoms with E-state index in [-0.39, 0.29) is 5.97 Å². The van der Waals surface area contributed by atoms with E-state index >= 15 is 0 Å². The maximum atomic E-state index is 11.8. The first-order chi connectivity index (χ1) is 13.0. The molecule has 0 radical (unpaired) electrons. The van der Waals surface area contributed by atoms with Gasteiger partial charge >= 0.3 is 5.97 Å². The number of thioether (sulfide) groups is 1. The molecular formula is C20H21N3O3S. The molecule has 0 unspecified atom stereocenters. The molecule has 0 saturated heterocycles. The summed E-state index contributed by atoms with van der Waals surface area (Å²) in [6, 6.07) is 15.7. The highest BCUT2D eigenvalue weighted by molar-refractivity contribution is 8.00. The van der Waals surface area contributed by atoms with Crippen molar-refractivity contribution in [2.24, 2.45) is 0 Å². The Balaban J connectivity index is 2.07. The van der Waals surface area contributed by atoms with Gasteiger partial charge in [0.2, 0.25) is 0 Å². The molecule has 1 atom stereocenters. The van der Waals surface area contributed by atoms with E-state index in [1.807, 2.05) is 60.0 Å². The van der Waals surface area contributed by atoms with Gasteiger partial charge < -0.3 is 9.47 Å². The molecule has 2 aromatic carbocycles. The molecule has 0 aliphatic heterocycles. The van der Waals surface area contributed by atoms with Crippen LogP contribution in [0.3, 0.4) is 0 Å². The molecule has 0 amide bonds. The van der Waals surface area contributed by atoms with Gasteiger partial charge in [-0.3, -0.25) is 9.36 Å². The van der Waals surface area contributed by atoms with Gasteiger partial charge in [0, 0.05) is 11.3 Å². The predicted octanol–water partition coefficient (Wildman–Crippen LogP) is 3.90. The molecule has 7 heteroatoms. The Kier molecular flexibility index (Phi) is 5.81. The normalized spacial score (nSPS) is 11.9. The Morgan fingerprint density at radius 3 is 2.30 bits per heavy atom. The van der Waals surface area contributed by atoms with Crippen molar-refractivity contribution in [3.05, 3.63) is 54.1 Å². The molecule has 1 heterocycles. The first kappa shape index (κ1) is 19.0. The van der Waals surface area contributed by atoms with Crippen LogP contribution in [-0.2, 0) is 9.53 Å². The fourth-order valence-corrected chi connectivity index (χ4v) is 3.47. The summed E-state index contributed by atoms with van der Waals surface area (Å²) in [6.45, 7) is 3.83. The highest BCUT2D eigenvalue weighted by atomic mass is 32.2. The molecule has 0 aliphatic rings. The SMILES string of the molecule is COC(=O)[C@@H](C)Sc1nnc(-c2ccc(OC)cc2)n1-c1ccc(C)cc1. The van der Waals surface area contributed by atoms with Crippen molar-refractivity contribution in [3.63, 3.8) is 0 Å². The third-order valence-corrected chi connectivity index (χ3v) is 5.11. The standard InChI is InChI=1S/C20H21N3O3S/c1-13-5-9-16(10-6-13)23-18(15-7-11-17(25-3)12-8-15)21-22-20(23)27-14(2)19(24)26-4/h5-12,14H,1-4H3/t14-/m1/s1. The van der Waals surface area contributed by atoms with Gasteiger partial charge in [0.1, 0.15) is 11.0 Å². The van der Waals surface area contributed by atoms with Gasteiger partial charge in [-0.15, -0.1) is 10.2 Å². The van der Waals surface area contributed by atoms with Crippen molar-refractivity contribution >= 4 is 17.7 Å². The average molecular weight is 383 g/mol. The number of ether oxygens (including phenoxy) is 2. The quantitative estimate of drug-likeness (QED) is 0.475. The van der Waals surface area contributed by atoms with E-state index in [0.717, 1.165) is 22.6 Å². The first-order valence-electron chi connectivity index (χ1n) is 8.45. The Morgan fingerprint density at radius 2 is 1.70 bits per heavy atom. The van der Waals surface area contributed by atoms with Crippen molar-refractivity contribution in [1.82, 2.24) is 14.8 Å². The molecule has 1 aromatic heterocycles. The number of esters is 1. The van der Waals surface area contributed by atoms with E-state index in [9.17, 15) is 4.79 Å². The zero-order chi connectivity index (χ0) is 19.4. The summed E-state index contributed by atoms with van der Waals surface area (Å²) in [4.78, 5) is 11.8. The summed E-state index contributed by atoms with van der Waals surface area (Å²) < 4.78 is 12.0. The number of nitrogens with zero attached hydrogens (tertiary/aromatic N) is 3. The minimum absolute atomic E-state index is 0.301. The van der Waals surface area contributed by atoms with Gasteiger partial charge in [-0.25, -0.2) is 0 Å². The number of benzene rings is 2. The van der Waals surface area contributed by atoms with Crippen LogP contribution in [0.2, 0.25) is 0 Å². The topological polar surface area (TPSA) is 66.2 Å². The van der Waals surface area contributed by atoms with Crippen LogP contribution in [0.5, 0.6) is 5.75 Å². The van der Waals surface area contributed by atoms with Crippen molar-refractivity contribution in [2.75, 3.05) is 14.2 Å². The van der Waals surface area contributed by atoms with Crippen molar-refractivity contribution in [2.45, 2.75) is 24.3 Å². The second kappa shape index (κ2) is 8.26. The number of aromatic nitrogens is 3. The number of hydrogen-bond donors (Lipinski definition) is 0. The summed E-state index contributed by atoms with van der Waals surface area (Å²) in [5.74, 6) is 1.17. The van der Waals surface area contributed by atoms with Gasteiger partial charge in [-0.2, -0.15) is 0 Å². The lowest BCUT2D eigenvalue weighted by Gasteiger charge is -2.13. The van der Waals surface area contributed by atoms with Crippen LogP contribution in [0, 0.1) is 6.92 Å². The summed E-state index contributed by atoms with van der Waals surface area (Å²) >= 11 is 1.32. The lowest BCUT2D eigenvalue weighted by atomic mass is 10.2. The van der Waals surface area contributed by atoms with Gasteiger partial charge in [0.05, 0.1) is 14.2 Å². The Morgan fingerprint density at radius 1 is 1.04 bits per heavy atom. The largest absolute Gasteiger partial charge is 0.497 e. The Hall–Kier alpha value is -2.80. The molecule has 0 spiro atoms. The fraction of sp³-hybridized carbons (Fsp3) is 0.250. The summed E-state index contributed by atoms with van der Waals surface area (Å²) in [7, 11) is 3.01. The molecule has 0 aliphatic carbocycles. The van der Waals surface area contributed by atoms with Gasteiger partial charge in [0.15, 0.2) is 11.0 Å². The van der Waals surface area contributed by atoms with E-state index in [2.05, 4.69) is 10.2 Å². The summed E-state index contributed by atoms with van der Waals surface area (Å²) in [6.07, 6.45) is 0. The number of rotatable bonds is 6. The second-order valence-electron chi connectivity index (χ2n) is 5.99. The molecule has 0 saturated carbocycles. The highest BCUT2D eigenvalue weighted by Gasteiger charge is 2.22. The van der Waals surface area contributed by atoms with E-state index in [1.54, 1.807) is 14.0 Å². The van der Waals surface area contributed by atoms with E-state index in [4.69, 9.17) is 9.47 Å². The molecule has 0 N–H and O–H groups in total. The van der Waals surface area contributed by atoms with Gasteiger partial charge in [-0.05, 0) is 50.2 Å². The number of hydrogen-bond acceptors (Lipinski definition) is 6. The lowest BCUT2D eigenvalue weighted by Crippen LogP contribution is -2.15. The minimum atomic E-state index is -0.396. The lowest BCUT2D eigenvalue weighted by molar-refractivity contribution is -0.139. The van der Waals surface area contributed by atoms with Crippen LogP contribution in [0.1, 0.15) is 12.5 Å². The number of carbonyl (C=O) groups excluding carboxylic acids is 1. The monoisotopic (exact) mass is 383 g/mol. The zero-order valence-corrected chi connectivity index (χ0v) is 16.5. The smallest absolute Gasteiger partial charge is 0.318 e. The van der Waals surface area contributed by atoms with Crippen LogP contribution in [0.25, 0.3) is 17.1 Å². The molecule has 27 heavy (non-hydrogen) atoms. The molecule has 3 rings (SSSR count). The van der Waals surface area contributed by atoms with Gasteiger partial charge in [0.25, 0.3) is 0 Å². The van der Waals surface area contributed by atoms with E-state index < -0.39 is 5.25 Å². The first-order valence-corrected chi connectivity index (χ1v) is 9.33. The minimum Gasteiger partial charge on any atom is -0.497 e. The summed E-state index contributed by atoms with van der Waals surface area (Å²) in [5.41, 5.74) is 2.99. The Bertz CT molecular complexity index is 921. The van der Waals surface area contributed by atoms with Crippen molar-refractivity contribution in [1.29, 1.82) is 0 Å². The zero-order valence-electron chi connectivity index (χ0n) is 15.7. The summed E-state index contributed by atoms with van der Waals surface area (Å²) in [5, 5.41) is 8.94. The van der Waals surface area contributed by atoms with E-state index in [1.165, 1.54) is 18.9 Å². The molecule has 0 bridgehead atoms. The van der Waals surface area contributed by atoms with E-state index in [0.29, 0.717) is 11.0 Å². The van der Waals surface area contributed by atoms with Crippen LogP contribution < -0.4 is 4.74 Å². The van der Waals surface area contributed by atoms with Crippen LogP contribution in [0.15, 0.2) is 53.7 Å². The van der Waals surface area contributed by atoms with Crippen LogP contribution >= 0.6 is 11.8 Å². The maximum absolute atomic E-state index is 11.8. The Labute approximate surface area is 162 Å². The third kappa shape index (κ3) is 4.14. The predicted molar refractivity (Wildman–Crippen MR) is 105 cm³/mol. The maximum Gasteiger partial charge on any atom is 0.318 e. The molecule has 140 valence electrons. The van der Waals surface area contributed by atoms with Crippen LogP contribution in [0.4, 0.5) is 0 Å². The third-order valence-electron chi connectivity index (χ3n) is 4.09. The van der Waals surface area contributed by atoms with Crippen LogP contribution in [-0.4, -0.2) is 40.2 Å². The number of methoxy groups -OCH3 is 2. The number of carbonyl (C=O) groups is 1. The van der Waals surface area contributed by atoms with Crippen molar-refractivity contribution in [3.8, 4) is 22.8 Å².